The van der Waals surface area contributed by atoms with Crippen molar-refractivity contribution in [1.29, 1.82) is 0 Å². The molecular formula is C11H26NO3S+. The molecule has 0 aliphatic heterocycles. The maximum atomic E-state index is 9.53. The summed E-state index contributed by atoms with van der Waals surface area (Å²) >= 11 is 0. The molecule has 0 bridgehead atoms. The van der Waals surface area contributed by atoms with Crippen molar-refractivity contribution >= 4 is 11.0 Å². The second kappa shape index (κ2) is 11.1. The molecule has 0 aromatic heterocycles. The van der Waals surface area contributed by atoms with E-state index in [2.05, 4.69) is 38.5 Å². The molecule has 0 fully saturated rings. The summed E-state index contributed by atoms with van der Waals surface area (Å²) in [7, 11) is -2.68. The largest absolute Gasteiger partial charge is 0.325 e. The normalized spacial score (nSPS) is 10.8. The van der Waals surface area contributed by atoms with Gasteiger partial charge in [0.1, 0.15) is 0 Å². The zero-order valence-corrected chi connectivity index (χ0v) is 11.8. The molecule has 4 nitrogen and oxygen atoms in total. The number of hydrogen-bond donors (Lipinski definition) is 1. The minimum absolute atomic E-state index is 0.0682. The highest BCUT2D eigenvalue weighted by atomic mass is 32.2. The summed E-state index contributed by atoms with van der Waals surface area (Å²) in [6.45, 7) is 17.5. The summed E-state index contributed by atoms with van der Waals surface area (Å²) in [5, 5.41) is 0. The van der Waals surface area contributed by atoms with E-state index in [1.165, 1.54) is 36.7 Å². The lowest BCUT2D eigenvalue weighted by Crippen LogP contribution is -2.47. The van der Waals surface area contributed by atoms with Crippen molar-refractivity contribution in [3.63, 3.8) is 0 Å². The van der Waals surface area contributed by atoms with Gasteiger partial charge in [-0.2, -0.15) is 0 Å². The van der Waals surface area contributed by atoms with Gasteiger partial charge in [-0.3, -0.25) is 4.18 Å². The van der Waals surface area contributed by atoms with Crippen molar-refractivity contribution in [2.45, 2.75) is 27.7 Å². The molecule has 98 valence electrons. The van der Waals surface area contributed by atoms with E-state index in [0.717, 1.165) is 0 Å². The predicted octanol–water partition coefficient (Wildman–Crippen LogP) is 1.60. The highest BCUT2D eigenvalue weighted by molar-refractivity contribution is 7.67. The first-order valence-corrected chi connectivity index (χ1v) is 6.84. The van der Waals surface area contributed by atoms with Crippen LogP contribution >= 0.6 is 0 Å². The predicted molar refractivity (Wildman–Crippen MR) is 68.9 cm³/mol. The third-order valence-electron chi connectivity index (χ3n) is 2.98. The molecule has 0 spiro atoms. The molecule has 0 aliphatic rings. The highest BCUT2D eigenvalue weighted by Gasteiger charge is 2.16. The maximum absolute atomic E-state index is 9.53. The van der Waals surface area contributed by atoms with Crippen molar-refractivity contribution < 1.29 is 17.1 Å². The van der Waals surface area contributed by atoms with Crippen molar-refractivity contribution in [3.05, 3.63) is 12.7 Å². The maximum Gasteiger partial charge on any atom is 0.257 e. The SMILES string of the molecule is C=CCO[SH](=O)=O.CC[N+](CC)(CC)CC. The van der Waals surface area contributed by atoms with Gasteiger partial charge in [0.15, 0.2) is 0 Å². The lowest BCUT2D eigenvalue weighted by Gasteiger charge is -2.34. The fourth-order valence-electron chi connectivity index (χ4n) is 1.46. The number of nitrogens with zero attached hydrogens (tertiary/aromatic N) is 1. The Morgan fingerprint density at radius 3 is 1.50 bits per heavy atom. The van der Waals surface area contributed by atoms with Crippen LogP contribution in [-0.2, 0) is 15.2 Å². The topological polar surface area (TPSA) is 43.4 Å². The van der Waals surface area contributed by atoms with Gasteiger partial charge in [-0.15, -0.1) is 6.58 Å². The van der Waals surface area contributed by atoms with Gasteiger partial charge in [0, 0.05) is 0 Å². The van der Waals surface area contributed by atoms with E-state index in [0.29, 0.717) is 0 Å². The first-order chi connectivity index (χ1) is 7.51. The molecule has 0 amide bonds. The first kappa shape index (κ1) is 18.0. The molecule has 0 aromatic carbocycles. The fraction of sp³-hybridized carbons (Fsp3) is 0.818. The Kier molecular flexibility index (Phi) is 12.5. The summed E-state index contributed by atoms with van der Waals surface area (Å²) < 4.78 is 24.4. The summed E-state index contributed by atoms with van der Waals surface area (Å²) in [5.41, 5.74) is 0. The van der Waals surface area contributed by atoms with Crippen molar-refractivity contribution in [3.8, 4) is 0 Å². The number of thiol groups is 1. The smallest absolute Gasteiger partial charge is 0.257 e. The lowest BCUT2D eigenvalue weighted by atomic mass is 10.3. The minimum Gasteiger partial charge on any atom is -0.325 e. The third-order valence-corrected chi connectivity index (χ3v) is 3.34. The van der Waals surface area contributed by atoms with E-state index >= 15 is 0 Å². The molecule has 0 heterocycles. The molecule has 0 atom stereocenters. The van der Waals surface area contributed by atoms with Crippen LogP contribution in [0.5, 0.6) is 0 Å². The quantitative estimate of drug-likeness (QED) is 0.425. The highest BCUT2D eigenvalue weighted by Crippen LogP contribution is 2.03. The molecule has 0 saturated heterocycles. The van der Waals surface area contributed by atoms with Crippen LogP contribution in [0.4, 0.5) is 0 Å². The molecular weight excluding hydrogens is 226 g/mol. The van der Waals surface area contributed by atoms with Gasteiger partial charge in [-0.25, -0.2) is 8.42 Å². The fourth-order valence-corrected chi connectivity index (χ4v) is 1.68. The van der Waals surface area contributed by atoms with E-state index < -0.39 is 11.0 Å². The Hall–Kier alpha value is -0.390. The van der Waals surface area contributed by atoms with Crippen molar-refractivity contribution in [2.75, 3.05) is 32.8 Å². The molecule has 0 radical (unpaired) electrons. The Balaban J connectivity index is 0. The molecule has 0 aliphatic carbocycles. The van der Waals surface area contributed by atoms with E-state index in [4.69, 9.17) is 0 Å². The Morgan fingerprint density at radius 1 is 1.06 bits per heavy atom. The third kappa shape index (κ3) is 8.88. The van der Waals surface area contributed by atoms with Crippen LogP contribution in [0.1, 0.15) is 27.7 Å². The number of quaternary nitrogens is 1. The van der Waals surface area contributed by atoms with E-state index in [-0.39, 0.29) is 6.61 Å². The van der Waals surface area contributed by atoms with Crippen molar-refractivity contribution in [2.24, 2.45) is 0 Å². The average molecular weight is 252 g/mol. The van der Waals surface area contributed by atoms with Crippen molar-refractivity contribution in [1.82, 2.24) is 0 Å². The summed E-state index contributed by atoms with van der Waals surface area (Å²) in [6, 6.07) is 0. The van der Waals surface area contributed by atoms with Gasteiger partial charge in [-0.05, 0) is 27.7 Å². The Bertz CT molecular complexity index is 210. The van der Waals surface area contributed by atoms with Crippen LogP contribution in [0.15, 0.2) is 12.7 Å². The summed E-state index contributed by atoms with van der Waals surface area (Å²) in [5.74, 6) is 0. The van der Waals surface area contributed by atoms with Gasteiger partial charge in [0.2, 0.25) is 0 Å². The zero-order valence-electron chi connectivity index (χ0n) is 10.9. The van der Waals surface area contributed by atoms with E-state index in [1.54, 1.807) is 0 Å². The van der Waals surface area contributed by atoms with Crippen LogP contribution in [0.2, 0.25) is 0 Å². The van der Waals surface area contributed by atoms with Crippen LogP contribution in [-0.4, -0.2) is 45.7 Å². The minimum atomic E-state index is -2.68. The molecule has 0 aromatic rings. The lowest BCUT2D eigenvalue weighted by molar-refractivity contribution is -0.921. The monoisotopic (exact) mass is 252 g/mol. The molecule has 0 N–H and O–H groups in total. The van der Waals surface area contributed by atoms with Crippen LogP contribution in [0.3, 0.4) is 0 Å². The molecule has 16 heavy (non-hydrogen) atoms. The van der Waals surface area contributed by atoms with E-state index in [9.17, 15) is 8.42 Å². The number of hydrogen-bond acceptors (Lipinski definition) is 3. The standard InChI is InChI=1S/C8H20N.C3H6O3S/c1-5-9(6-2,7-3)8-4;1-2-3-6-7(4)5/h5-8H2,1-4H3;2,7H,1,3H2/q+1;. The van der Waals surface area contributed by atoms with Gasteiger partial charge < -0.3 is 4.48 Å². The molecule has 5 heteroatoms. The Morgan fingerprint density at radius 2 is 1.44 bits per heavy atom. The van der Waals surface area contributed by atoms with Gasteiger partial charge in [-0.1, -0.05) is 6.08 Å². The summed E-state index contributed by atoms with van der Waals surface area (Å²) in [6.07, 6.45) is 1.37. The second-order valence-electron chi connectivity index (χ2n) is 3.41. The average Bonchev–Trinajstić information content (AvgIpc) is 2.31. The molecule has 0 rings (SSSR count). The molecule has 0 saturated carbocycles. The first-order valence-electron chi connectivity index (χ1n) is 5.75. The van der Waals surface area contributed by atoms with Crippen LogP contribution < -0.4 is 0 Å². The van der Waals surface area contributed by atoms with Crippen LogP contribution in [0, 0.1) is 0 Å². The molecule has 0 unspecified atom stereocenters. The van der Waals surface area contributed by atoms with Gasteiger partial charge >= 0.3 is 0 Å². The number of rotatable bonds is 7. The second-order valence-corrected chi connectivity index (χ2v) is 4.12. The summed E-state index contributed by atoms with van der Waals surface area (Å²) in [4.78, 5) is 0. The zero-order chi connectivity index (χ0) is 13.0. The Labute approximate surface area is 102 Å². The van der Waals surface area contributed by atoms with E-state index in [1.807, 2.05) is 0 Å². The van der Waals surface area contributed by atoms with Crippen LogP contribution in [0.25, 0.3) is 0 Å². The van der Waals surface area contributed by atoms with Gasteiger partial charge in [0.25, 0.3) is 11.0 Å². The van der Waals surface area contributed by atoms with Gasteiger partial charge in [0.05, 0.1) is 32.8 Å².